The molecule has 3 fully saturated rings. The zero-order chi connectivity index (χ0) is 24.9. The lowest BCUT2D eigenvalue weighted by Crippen LogP contribution is -2.58. The minimum Gasteiger partial charge on any atom is -0.455 e. The number of carbonyl (C=O) groups is 1. The molecule has 0 aliphatic heterocycles. The van der Waals surface area contributed by atoms with Gasteiger partial charge < -0.3 is 14.4 Å². The van der Waals surface area contributed by atoms with E-state index in [0.717, 1.165) is 43.5 Å². The molecule has 4 rings (SSSR count). The Morgan fingerprint density at radius 3 is 2.50 bits per heavy atom. The van der Waals surface area contributed by atoms with Crippen molar-refractivity contribution in [1.29, 1.82) is 0 Å². The molecular weight excluding hydrogens is 449 g/mol. The summed E-state index contributed by atoms with van der Waals surface area (Å²) in [6.07, 6.45) is 1.66. The van der Waals surface area contributed by atoms with Gasteiger partial charge in [0.05, 0.1) is 11.4 Å². The Morgan fingerprint density at radius 1 is 1.12 bits per heavy atom. The summed E-state index contributed by atoms with van der Waals surface area (Å²) in [4.78, 5) is 22.1. The second-order valence-electron chi connectivity index (χ2n) is 10.9. The summed E-state index contributed by atoms with van der Waals surface area (Å²) >= 11 is 0. The molecule has 0 aromatic heterocycles. The highest BCUT2D eigenvalue weighted by Gasteiger charge is 2.64. The number of hydrogen-bond donors (Lipinski definition) is 0. The third kappa shape index (κ3) is 4.02. The van der Waals surface area contributed by atoms with E-state index in [9.17, 15) is 18.0 Å². The van der Waals surface area contributed by atoms with E-state index in [1.165, 1.54) is 19.8 Å². The zero-order valence-electron chi connectivity index (χ0n) is 20.6. The van der Waals surface area contributed by atoms with Crippen molar-refractivity contribution >= 4 is 17.4 Å². The number of esters is 1. The summed E-state index contributed by atoms with van der Waals surface area (Å²) in [7, 11) is 3.01. The van der Waals surface area contributed by atoms with E-state index in [2.05, 4.69) is 24.2 Å². The molecule has 3 saturated carbocycles. The van der Waals surface area contributed by atoms with Crippen LogP contribution < -0.4 is 0 Å². The van der Waals surface area contributed by atoms with Crippen LogP contribution in [0.3, 0.4) is 0 Å². The average molecular weight is 485 g/mol. The molecule has 4 aliphatic carbocycles. The first-order chi connectivity index (χ1) is 16.0. The number of allylic oxidation sites excluding steroid dienone is 2. The van der Waals surface area contributed by atoms with Crippen LogP contribution in [0.1, 0.15) is 65.7 Å². The summed E-state index contributed by atoms with van der Waals surface area (Å²) in [5.41, 5.74) is 2.23. The van der Waals surface area contributed by atoms with Crippen LogP contribution in [0.4, 0.5) is 13.2 Å². The van der Waals surface area contributed by atoms with Gasteiger partial charge in [0, 0.05) is 11.8 Å². The van der Waals surface area contributed by atoms with Crippen molar-refractivity contribution in [3.05, 3.63) is 11.6 Å². The number of carbonyl (C=O) groups excluding carboxylic acids is 1. The van der Waals surface area contributed by atoms with Crippen molar-refractivity contribution in [2.24, 2.45) is 44.8 Å². The van der Waals surface area contributed by atoms with E-state index in [1.807, 2.05) is 13.0 Å². The predicted molar refractivity (Wildman–Crippen MR) is 121 cm³/mol. The van der Waals surface area contributed by atoms with Crippen molar-refractivity contribution in [2.45, 2.75) is 78.0 Å². The summed E-state index contributed by atoms with van der Waals surface area (Å²) in [5, 5.41) is 8.27. The molecule has 6 nitrogen and oxygen atoms in total. The van der Waals surface area contributed by atoms with E-state index in [-0.39, 0.29) is 28.6 Å². The maximum Gasteiger partial charge on any atom is 0.490 e. The third-order valence-electron chi connectivity index (χ3n) is 9.32. The molecular formula is C25H35F3N2O4. The SMILES string of the molecule is CO/N=C1/C=C2CCC3C(C(OC(=O)C(F)(F)F)CC4(C)C(/C(C)=N/OC)CCC34)C2(C)CC1. The van der Waals surface area contributed by atoms with E-state index in [4.69, 9.17) is 14.4 Å². The van der Waals surface area contributed by atoms with Crippen molar-refractivity contribution < 1.29 is 32.4 Å². The van der Waals surface area contributed by atoms with Gasteiger partial charge in [-0.1, -0.05) is 29.7 Å². The van der Waals surface area contributed by atoms with E-state index in [0.29, 0.717) is 18.8 Å². The molecule has 7 unspecified atom stereocenters. The van der Waals surface area contributed by atoms with Gasteiger partial charge in [-0.15, -0.1) is 0 Å². The molecule has 9 heteroatoms. The van der Waals surface area contributed by atoms with Crippen LogP contribution in [0.5, 0.6) is 0 Å². The molecule has 0 saturated heterocycles. The van der Waals surface area contributed by atoms with Crippen LogP contribution in [0.2, 0.25) is 0 Å². The molecule has 190 valence electrons. The second-order valence-corrected chi connectivity index (χ2v) is 10.9. The highest BCUT2D eigenvalue weighted by molar-refractivity contribution is 5.96. The molecule has 0 N–H and O–H groups in total. The van der Waals surface area contributed by atoms with Crippen LogP contribution in [0.25, 0.3) is 0 Å². The molecule has 0 aromatic carbocycles. The summed E-state index contributed by atoms with van der Waals surface area (Å²) in [5.74, 6) is -1.67. The monoisotopic (exact) mass is 484 g/mol. The van der Waals surface area contributed by atoms with Gasteiger partial charge in [-0.3, -0.25) is 0 Å². The van der Waals surface area contributed by atoms with Crippen molar-refractivity contribution in [3.63, 3.8) is 0 Å². The zero-order valence-corrected chi connectivity index (χ0v) is 20.6. The molecule has 0 aromatic rings. The maximum absolute atomic E-state index is 13.3. The van der Waals surface area contributed by atoms with Gasteiger partial charge in [0.2, 0.25) is 0 Å². The molecule has 7 atom stereocenters. The lowest BCUT2D eigenvalue weighted by molar-refractivity contribution is -0.220. The van der Waals surface area contributed by atoms with Gasteiger partial charge in [0.1, 0.15) is 20.3 Å². The number of nitrogens with zero attached hydrogens (tertiary/aromatic N) is 2. The highest BCUT2D eigenvalue weighted by atomic mass is 19.4. The Bertz CT molecular complexity index is 914. The summed E-state index contributed by atoms with van der Waals surface area (Å²) in [6.45, 7) is 6.21. The maximum atomic E-state index is 13.3. The Hall–Kier alpha value is -2.06. The predicted octanol–water partition coefficient (Wildman–Crippen LogP) is 5.67. The molecule has 4 aliphatic rings. The van der Waals surface area contributed by atoms with Gasteiger partial charge in [-0.05, 0) is 80.6 Å². The topological polar surface area (TPSA) is 69.5 Å². The van der Waals surface area contributed by atoms with Crippen LogP contribution in [-0.4, -0.2) is 43.9 Å². The number of hydrogen-bond acceptors (Lipinski definition) is 6. The molecule has 0 bridgehead atoms. The Morgan fingerprint density at radius 2 is 1.85 bits per heavy atom. The minimum atomic E-state index is -5.02. The largest absolute Gasteiger partial charge is 0.490 e. The van der Waals surface area contributed by atoms with Gasteiger partial charge in [-0.25, -0.2) is 4.79 Å². The smallest absolute Gasteiger partial charge is 0.455 e. The summed E-state index contributed by atoms with van der Waals surface area (Å²) in [6, 6.07) is 0. The first-order valence-corrected chi connectivity index (χ1v) is 12.1. The van der Waals surface area contributed by atoms with E-state index >= 15 is 0 Å². The first-order valence-electron chi connectivity index (χ1n) is 12.1. The van der Waals surface area contributed by atoms with Gasteiger partial charge in [0.25, 0.3) is 0 Å². The number of oxime groups is 2. The third-order valence-corrected chi connectivity index (χ3v) is 9.32. The van der Waals surface area contributed by atoms with E-state index in [1.54, 1.807) is 0 Å². The van der Waals surface area contributed by atoms with Gasteiger partial charge in [0.15, 0.2) is 0 Å². The molecule has 0 amide bonds. The second kappa shape index (κ2) is 8.86. The number of rotatable bonds is 4. The minimum absolute atomic E-state index is 0.0852. The fourth-order valence-electron chi connectivity index (χ4n) is 8.06. The lowest BCUT2D eigenvalue weighted by Gasteiger charge is -2.60. The standard InChI is InChI=1S/C25H35F3N2O4/c1-14(29-32-4)18-8-9-19-17-7-6-15-12-16(30-33-5)10-11-23(15,2)21(17)20(13-24(18,19)3)34-22(31)25(26,27)28/h12,17-21H,6-11,13H2,1-5H3/b29-14+,30-16+. The van der Waals surface area contributed by atoms with Crippen molar-refractivity contribution in [3.8, 4) is 0 Å². The molecule has 34 heavy (non-hydrogen) atoms. The number of alkyl halides is 3. The number of halogens is 3. The Labute approximate surface area is 198 Å². The van der Waals surface area contributed by atoms with Gasteiger partial charge >= 0.3 is 12.1 Å². The Kier molecular flexibility index (Phi) is 6.53. The normalized spacial score (nSPS) is 41.2. The fourth-order valence-corrected chi connectivity index (χ4v) is 8.06. The lowest BCUT2D eigenvalue weighted by atomic mass is 9.45. The van der Waals surface area contributed by atoms with Crippen LogP contribution in [0, 0.1) is 34.5 Å². The first kappa shape index (κ1) is 25.0. The fraction of sp³-hybridized carbons (Fsp3) is 0.800. The number of ether oxygens (including phenoxy) is 1. The number of fused-ring (bicyclic) bond motifs is 5. The van der Waals surface area contributed by atoms with Crippen molar-refractivity contribution in [2.75, 3.05) is 14.2 Å². The van der Waals surface area contributed by atoms with Crippen LogP contribution in [0.15, 0.2) is 22.0 Å². The highest BCUT2D eigenvalue weighted by Crippen LogP contribution is 2.67. The van der Waals surface area contributed by atoms with E-state index < -0.39 is 18.2 Å². The molecule has 0 radical (unpaired) electrons. The van der Waals surface area contributed by atoms with Gasteiger partial charge in [-0.2, -0.15) is 13.2 Å². The van der Waals surface area contributed by atoms with Crippen LogP contribution in [-0.2, 0) is 19.2 Å². The Balaban J connectivity index is 1.75. The molecule has 0 heterocycles. The summed E-state index contributed by atoms with van der Waals surface area (Å²) < 4.78 is 45.3. The van der Waals surface area contributed by atoms with Crippen molar-refractivity contribution in [1.82, 2.24) is 0 Å². The average Bonchev–Trinajstić information content (AvgIpc) is 3.10. The molecule has 0 spiro atoms. The quantitative estimate of drug-likeness (QED) is 0.293. The van der Waals surface area contributed by atoms with Crippen LogP contribution >= 0.6 is 0 Å².